The summed E-state index contributed by atoms with van der Waals surface area (Å²) in [5, 5.41) is 5.44. The summed E-state index contributed by atoms with van der Waals surface area (Å²) < 4.78 is 12.8. The Morgan fingerprint density at radius 3 is 2.03 bits per heavy atom. The average molecular weight is 514 g/mol. The first kappa shape index (κ1) is 26.9. The van der Waals surface area contributed by atoms with Gasteiger partial charge in [-0.15, -0.1) is 0 Å². The molecule has 0 spiro atoms. The predicted octanol–water partition coefficient (Wildman–Crippen LogP) is 6.36. The summed E-state index contributed by atoms with van der Waals surface area (Å²) in [4.78, 5) is 12.3. The van der Waals surface area contributed by atoms with Crippen LogP contribution in [0.15, 0.2) is 103 Å². The minimum atomic E-state index is -2.64. The van der Waals surface area contributed by atoms with Crippen LogP contribution < -0.4 is 15.7 Å². The summed E-state index contributed by atoms with van der Waals surface area (Å²) in [6, 6.07) is 31.3. The molecule has 0 heterocycles. The minimum Gasteiger partial charge on any atom is -0.445 e. The molecule has 5 heteroatoms. The van der Waals surface area contributed by atoms with Crippen molar-refractivity contribution in [3.8, 4) is 0 Å². The Morgan fingerprint density at radius 2 is 1.46 bits per heavy atom. The summed E-state index contributed by atoms with van der Waals surface area (Å²) in [6.07, 6.45) is 5.88. The monoisotopic (exact) mass is 513 g/mol. The van der Waals surface area contributed by atoms with Crippen LogP contribution in [-0.4, -0.2) is 27.1 Å². The van der Waals surface area contributed by atoms with Crippen LogP contribution in [0.25, 0.3) is 0 Å². The van der Waals surface area contributed by atoms with E-state index >= 15 is 0 Å². The second-order valence-corrected chi connectivity index (χ2v) is 15.0. The third-order valence-electron chi connectivity index (χ3n) is 7.12. The van der Waals surface area contributed by atoms with Gasteiger partial charge in [-0.2, -0.15) is 0 Å². The summed E-state index contributed by atoms with van der Waals surface area (Å²) in [6.45, 7) is 7.75. The number of carbonyl (C=O) groups is 1. The van der Waals surface area contributed by atoms with E-state index in [2.05, 4.69) is 92.8 Å². The highest BCUT2D eigenvalue weighted by Gasteiger charge is 2.51. The number of alkyl carbamates (subject to hydrolysis) is 1. The zero-order valence-corrected chi connectivity index (χ0v) is 23.3. The van der Waals surface area contributed by atoms with Crippen LogP contribution in [0.4, 0.5) is 4.79 Å². The van der Waals surface area contributed by atoms with Gasteiger partial charge in [0.05, 0.1) is 6.10 Å². The summed E-state index contributed by atoms with van der Waals surface area (Å²) >= 11 is 0. The van der Waals surface area contributed by atoms with E-state index < -0.39 is 8.32 Å². The van der Waals surface area contributed by atoms with Gasteiger partial charge >= 0.3 is 6.09 Å². The number of rotatable bonds is 9. The van der Waals surface area contributed by atoms with Gasteiger partial charge in [0.25, 0.3) is 8.32 Å². The van der Waals surface area contributed by atoms with Crippen molar-refractivity contribution in [2.75, 3.05) is 6.54 Å². The van der Waals surface area contributed by atoms with Crippen LogP contribution in [0.5, 0.6) is 0 Å². The van der Waals surface area contributed by atoms with E-state index in [9.17, 15) is 4.79 Å². The quantitative estimate of drug-likeness (QED) is 0.268. The molecule has 1 aliphatic rings. The second-order valence-electron chi connectivity index (χ2n) is 10.7. The number of amides is 1. The van der Waals surface area contributed by atoms with E-state index in [0.29, 0.717) is 6.54 Å². The average Bonchev–Trinajstić information content (AvgIpc) is 2.92. The smallest absolute Gasteiger partial charge is 0.407 e. The number of nitrogens with one attached hydrogen (secondary N) is 1. The molecule has 4 nitrogen and oxygen atoms in total. The summed E-state index contributed by atoms with van der Waals surface area (Å²) in [5.74, 6) is 0. The lowest BCUT2D eigenvalue weighted by molar-refractivity contribution is 0.139. The van der Waals surface area contributed by atoms with Crippen molar-refractivity contribution in [1.82, 2.24) is 5.32 Å². The molecule has 0 radical (unpaired) electrons. The summed E-state index contributed by atoms with van der Waals surface area (Å²) in [5.41, 5.74) is 2.26. The lowest BCUT2D eigenvalue weighted by Gasteiger charge is -2.46. The Bertz CT molecular complexity index is 1120. The number of hydrogen-bond acceptors (Lipinski definition) is 3. The molecule has 4 rings (SSSR count). The normalized spacial score (nSPS) is 16.1. The number of allylic oxidation sites excluding steroid dienone is 1. The highest BCUT2D eigenvalue weighted by molar-refractivity contribution is 6.99. The third kappa shape index (κ3) is 6.59. The van der Waals surface area contributed by atoms with Crippen molar-refractivity contribution in [3.05, 3.63) is 108 Å². The lowest BCUT2D eigenvalue weighted by atomic mass is 9.94. The van der Waals surface area contributed by atoms with Gasteiger partial charge in [0.1, 0.15) is 6.61 Å². The topological polar surface area (TPSA) is 47.6 Å². The van der Waals surface area contributed by atoms with E-state index in [1.165, 1.54) is 15.9 Å². The maximum Gasteiger partial charge on any atom is 0.407 e. The molecule has 37 heavy (non-hydrogen) atoms. The fraction of sp³-hybridized carbons (Fsp3) is 0.344. The summed E-state index contributed by atoms with van der Waals surface area (Å²) in [7, 11) is -2.64. The number of ether oxygens (including phenoxy) is 1. The van der Waals surface area contributed by atoms with E-state index in [-0.39, 0.29) is 23.8 Å². The number of benzene rings is 3. The van der Waals surface area contributed by atoms with Gasteiger partial charge in [0.2, 0.25) is 0 Å². The molecule has 1 amide bonds. The predicted molar refractivity (Wildman–Crippen MR) is 154 cm³/mol. The minimum absolute atomic E-state index is 0.0298. The molecule has 3 aromatic carbocycles. The molecule has 0 aromatic heterocycles. The van der Waals surface area contributed by atoms with E-state index in [0.717, 1.165) is 31.2 Å². The van der Waals surface area contributed by atoms with Crippen LogP contribution in [0.1, 0.15) is 52.0 Å². The van der Waals surface area contributed by atoms with E-state index in [1.54, 1.807) is 0 Å². The largest absolute Gasteiger partial charge is 0.445 e. The third-order valence-corrected chi connectivity index (χ3v) is 12.2. The molecule has 194 valence electrons. The molecular weight excluding hydrogens is 474 g/mol. The second kappa shape index (κ2) is 12.4. The molecule has 1 atom stereocenters. The van der Waals surface area contributed by atoms with Crippen molar-refractivity contribution in [2.45, 2.75) is 64.2 Å². The number of carbonyl (C=O) groups excluding carboxylic acids is 1. The molecule has 0 saturated heterocycles. The molecule has 0 unspecified atom stereocenters. The first-order valence-electron chi connectivity index (χ1n) is 13.3. The number of hydrogen-bond donors (Lipinski definition) is 1. The maximum atomic E-state index is 12.3. The zero-order chi connectivity index (χ0) is 26.1. The van der Waals surface area contributed by atoms with Crippen molar-refractivity contribution in [1.29, 1.82) is 0 Å². The molecule has 3 aromatic rings. The van der Waals surface area contributed by atoms with Gasteiger partial charge in [-0.25, -0.2) is 4.79 Å². The van der Waals surface area contributed by atoms with Gasteiger partial charge in [-0.1, -0.05) is 118 Å². The van der Waals surface area contributed by atoms with Crippen molar-refractivity contribution in [2.24, 2.45) is 0 Å². The molecule has 0 bridgehead atoms. The van der Waals surface area contributed by atoms with Crippen LogP contribution in [0.2, 0.25) is 5.04 Å². The Labute approximate surface area is 222 Å². The molecule has 0 aliphatic heterocycles. The molecule has 0 saturated carbocycles. The van der Waals surface area contributed by atoms with Gasteiger partial charge in [0.15, 0.2) is 0 Å². The van der Waals surface area contributed by atoms with Gasteiger partial charge in [-0.3, -0.25) is 0 Å². The first-order valence-corrected chi connectivity index (χ1v) is 15.2. The van der Waals surface area contributed by atoms with Gasteiger partial charge < -0.3 is 14.5 Å². The van der Waals surface area contributed by atoms with E-state index in [4.69, 9.17) is 9.16 Å². The molecular formula is C32H39NO3Si. The Morgan fingerprint density at radius 1 is 0.892 bits per heavy atom. The van der Waals surface area contributed by atoms with Crippen molar-refractivity contribution < 1.29 is 14.0 Å². The standard InChI is InChI=1S/C32H39NO3Si/c1-32(2,3)37(28-18-9-5-10-19-28,29-20-11-6-12-21-29)36-30-22-14-13-17-27(30)23-24-33-31(34)35-25-26-15-7-4-8-16-26/h4-12,15-21,30H,13-14,22-25H2,1-3H3,(H,33,34)/t30-/m1/s1. The highest BCUT2D eigenvalue weighted by Crippen LogP contribution is 2.39. The molecule has 1 N–H and O–H groups in total. The zero-order valence-electron chi connectivity index (χ0n) is 22.3. The SMILES string of the molecule is CC(C)(C)[Si](O[C@@H]1CCCC=C1CCNC(=O)OCc1ccccc1)(c1ccccc1)c1ccccc1. The van der Waals surface area contributed by atoms with E-state index in [1.807, 2.05) is 30.3 Å². The van der Waals surface area contributed by atoms with Crippen molar-refractivity contribution in [3.63, 3.8) is 0 Å². The maximum absolute atomic E-state index is 12.3. The highest BCUT2D eigenvalue weighted by atomic mass is 28.4. The van der Waals surface area contributed by atoms with Crippen LogP contribution >= 0.6 is 0 Å². The Balaban J connectivity index is 1.49. The Hall–Kier alpha value is -3.15. The van der Waals surface area contributed by atoms with Crippen molar-refractivity contribution >= 4 is 24.8 Å². The van der Waals surface area contributed by atoms with Gasteiger partial charge in [-0.05, 0) is 52.2 Å². The molecule has 0 fully saturated rings. The fourth-order valence-corrected chi connectivity index (χ4v) is 10.0. The van der Waals surface area contributed by atoms with Crippen LogP contribution in [-0.2, 0) is 15.8 Å². The lowest BCUT2D eigenvalue weighted by Crippen LogP contribution is -2.67. The Kier molecular flexibility index (Phi) is 9.01. The molecule has 1 aliphatic carbocycles. The van der Waals surface area contributed by atoms with Gasteiger partial charge in [0, 0.05) is 6.54 Å². The first-order chi connectivity index (χ1) is 17.9. The fourth-order valence-electron chi connectivity index (χ4n) is 5.29. The van der Waals surface area contributed by atoms with Crippen LogP contribution in [0.3, 0.4) is 0 Å². The van der Waals surface area contributed by atoms with Crippen LogP contribution in [0, 0.1) is 0 Å².